The Kier molecular flexibility index (Phi) is 5.20. The molecule has 78 valence electrons. The molecule has 0 saturated heterocycles. The predicted molar refractivity (Wildman–Crippen MR) is 67.7 cm³/mol. The molecule has 0 aliphatic heterocycles. The fourth-order valence-electron chi connectivity index (χ4n) is 1.23. The Morgan fingerprint density at radius 1 is 1.20 bits per heavy atom. The van der Waals surface area contributed by atoms with Gasteiger partial charge in [0.05, 0.1) is 0 Å². The summed E-state index contributed by atoms with van der Waals surface area (Å²) in [5, 5.41) is 3.27. The number of hydrogen-bond donors (Lipinski definition) is 1. The zero-order chi connectivity index (χ0) is 10.9. The molecular weight excluding hydrogens is 182 g/mol. The lowest BCUT2D eigenvalue weighted by Crippen LogP contribution is -2.24. The highest BCUT2D eigenvalue weighted by atomic mass is 14.9. The number of nitrogens with one attached hydrogen (secondary N) is 1. The molecule has 0 bridgehead atoms. The van der Waals surface area contributed by atoms with E-state index in [2.05, 4.69) is 42.8 Å². The summed E-state index contributed by atoms with van der Waals surface area (Å²) in [5.41, 5.74) is 1.20. The summed E-state index contributed by atoms with van der Waals surface area (Å²) in [6.45, 7) is 8.23. The Bertz CT molecular complexity index is 324. The van der Waals surface area contributed by atoms with Gasteiger partial charge in [-0.05, 0) is 5.56 Å². The van der Waals surface area contributed by atoms with Gasteiger partial charge in [0, 0.05) is 12.6 Å². The maximum atomic E-state index is 3.78. The highest BCUT2D eigenvalue weighted by Crippen LogP contribution is 2.02. The Labute approximate surface area is 91.8 Å². The molecule has 0 radical (unpaired) electrons. The van der Waals surface area contributed by atoms with Crippen molar-refractivity contribution >= 4 is 6.08 Å². The van der Waals surface area contributed by atoms with Crippen molar-refractivity contribution in [3.05, 3.63) is 67.3 Å². The molecule has 1 nitrogen and oxygen atoms in total. The summed E-state index contributed by atoms with van der Waals surface area (Å²) in [6.07, 6.45) is 7.89. The van der Waals surface area contributed by atoms with E-state index in [9.17, 15) is 0 Å². The van der Waals surface area contributed by atoms with Gasteiger partial charge in [-0.1, -0.05) is 54.6 Å². The molecule has 1 aromatic rings. The van der Waals surface area contributed by atoms with Crippen molar-refractivity contribution in [2.75, 3.05) is 6.54 Å². The molecule has 1 atom stereocenters. The molecule has 0 aromatic heterocycles. The van der Waals surface area contributed by atoms with Crippen LogP contribution >= 0.6 is 0 Å². The first kappa shape index (κ1) is 11.5. The molecule has 0 saturated carbocycles. The van der Waals surface area contributed by atoms with Crippen LogP contribution in [0.15, 0.2) is 61.7 Å². The Balaban J connectivity index is 2.54. The average molecular weight is 199 g/mol. The zero-order valence-electron chi connectivity index (χ0n) is 8.89. The topological polar surface area (TPSA) is 12.0 Å². The third kappa shape index (κ3) is 4.43. The van der Waals surface area contributed by atoms with E-state index in [-0.39, 0.29) is 6.04 Å². The molecule has 0 aliphatic rings. The number of hydrogen-bond acceptors (Lipinski definition) is 1. The van der Waals surface area contributed by atoms with Crippen LogP contribution in [-0.4, -0.2) is 12.6 Å². The van der Waals surface area contributed by atoms with Crippen molar-refractivity contribution in [2.45, 2.75) is 6.04 Å². The molecule has 1 rings (SSSR count). The molecule has 1 aromatic carbocycles. The van der Waals surface area contributed by atoms with Gasteiger partial charge < -0.3 is 5.32 Å². The van der Waals surface area contributed by atoms with Crippen LogP contribution in [0.3, 0.4) is 0 Å². The first-order valence-electron chi connectivity index (χ1n) is 5.07. The summed E-state index contributed by atoms with van der Waals surface area (Å²) in [4.78, 5) is 0. The van der Waals surface area contributed by atoms with Gasteiger partial charge in [-0.3, -0.25) is 0 Å². The van der Waals surface area contributed by atoms with Crippen molar-refractivity contribution in [1.82, 2.24) is 5.32 Å². The zero-order valence-corrected chi connectivity index (χ0v) is 8.89. The Morgan fingerprint density at radius 3 is 2.53 bits per heavy atom. The standard InChI is InChI=1S/C14H17N/c1-3-12-15-14(4-2)11-10-13-8-6-5-7-9-13/h3-11,14-15H,1-2,12H2/b11-10+/t14-/m0/s1. The van der Waals surface area contributed by atoms with Crippen molar-refractivity contribution in [3.63, 3.8) is 0 Å². The monoisotopic (exact) mass is 199 g/mol. The van der Waals surface area contributed by atoms with Crippen LogP contribution in [-0.2, 0) is 0 Å². The quantitative estimate of drug-likeness (QED) is 0.694. The lowest BCUT2D eigenvalue weighted by Gasteiger charge is -2.07. The van der Waals surface area contributed by atoms with Crippen LogP contribution in [0.5, 0.6) is 0 Å². The number of benzene rings is 1. The third-order valence-corrected chi connectivity index (χ3v) is 2.05. The summed E-state index contributed by atoms with van der Waals surface area (Å²) < 4.78 is 0. The van der Waals surface area contributed by atoms with Crippen LogP contribution in [0.1, 0.15) is 5.56 Å². The highest BCUT2D eigenvalue weighted by molar-refractivity contribution is 5.49. The summed E-state index contributed by atoms with van der Waals surface area (Å²) in [7, 11) is 0. The van der Waals surface area contributed by atoms with E-state index in [0.717, 1.165) is 6.54 Å². The van der Waals surface area contributed by atoms with E-state index in [0.29, 0.717) is 0 Å². The van der Waals surface area contributed by atoms with Crippen LogP contribution < -0.4 is 5.32 Å². The SMILES string of the molecule is C=CCN[C@@H](C=C)/C=C/c1ccccc1. The van der Waals surface area contributed by atoms with E-state index in [1.165, 1.54) is 5.56 Å². The van der Waals surface area contributed by atoms with E-state index in [1.807, 2.05) is 30.4 Å². The normalized spacial score (nSPS) is 12.5. The lowest BCUT2D eigenvalue weighted by molar-refractivity contribution is 0.741. The van der Waals surface area contributed by atoms with Gasteiger partial charge in [-0.15, -0.1) is 13.2 Å². The van der Waals surface area contributed by atoms with Gasteiger partial charge >= 0.3 is 0 Å². The van der Waals surface area contributed by atoms with Crippen LogP contribution in [0.4, 0.5) is 0 Å². The molecule has 0 heterocycles. The van der Waals surface area contributed by atoms with Crippen LogP contribution in [0.25, 0.3) is 6.08 Å². The predicted octanol–water partition coefficient (Wildman–Crippen LogP) is 3.03. The lowest BCUT2D eigenvalue weighted by atomic mass is 10.1. The molecular formula is C14H17N. The maximum absolute atomic E-state index is 3.78. The highest BCUT2D eigenvalue weighted by Gasteiger charge is 1.94. The fraction of sp³-hybridized carbons (Fsp3) is 0.143. The minimum Gasteiger partial charge on any atom is -0.304 e. The fourth-order valence-corrected chi connectivity index (χ4v) is 1.23. The molecule has 0 amide bonds. The summed E-state index contributed by atoms with van der Waals surface area (Å²) in [6, 6.07) is 10.4. The van der Waals surface area contributed by atoms with Crippen molar-refractivity contribution < 1.29 is 0 Å². The summed E-state index contributed by atoms with van der Waals surface area (Å²) >= 11 is 0. The van der Waals surface area contributed by atoms with E-state index < -0.39 is 0 Å². The first-order chi connectivity index (χ1) is 7.36. The van der Waals surface area contributed by atoms with Gasteiger partial charge in [0.15, 0.2) is 0 Å². The first-order valence-corrected chi connectivity index (χ1v) is 5.07. The minimum absolute atomic E-state index is 0.197. The van der Waals surface area contributed by atoms with Crippen LogP contribution in [0, 0.1) is 0 Å². The molecule has 1 N–H and O–H groups in total. The van der Waals surface area contributed by atoms with Gasteiger partial charge in [-0.2, -0.15) is 0 Å². The van der Waals surface area contributed by atoms with Crippen molar-refractivity contribution in [1.29, 1.82) is 0 Å². The molecule has 0 fully saturated rings. The van der Waals surface area contributed by atoms with Crippen molar-refractivity contribution in [2.24, 2.45) is 0 Å². The van der Waals surface area contributed by atoms with Gasteiger partial charge in [0.1, 0.15) is 0 Å². The van der Waals surface area contributed by atoms with E-state index in [4.69, 9.17) is 0 Å². The van der Waals surface area contributed by atoms with Gasteiger partial charge in [-0.25, -0.2) is 0 Å². The van der Waals surface area contributed by atoms with Gasteiger partial charge in [0.2, 0.25) is 0 Å². The smallest absolute Gasteiger partial charge is 0.0438 e. The average Bonchev–Trinajstić information content (AvgIpc) is 2.31. The summed E-state index contributed by atoms with van der Waals surface area (Å²) in [5.74, 6) is 0. The second kappa shape index (κ2) is 6.80. The second-order valence-electron chi connectivity index (χ2n) is 3.23. The Hall–Kier alpha value is -1.60. The molecule has 0 unspecified atom stereocenters. The molecule has 0 spiro atoms. The van der Waals surface area contributed by atoms with Crippen LogP contribution in [0.2, 0.25) is 0 Å². The number of rotatable bonds is 6. The van der Waals surface area contributed by atoms with E-state index >= 15 is 0 Å². The maximum Gasteiger partial charge on any atom is 0.0438 e. The second-order valence-corrected chi connectivity index (χ2v) is 3.23. The largest absolute Gasteiger partial charge is 0.304 e. The van der Waals surface area contributed by atoms with E-state index in [1.54, 1.807) is 0 Å². The Morgan fingerprint density at radius 2 is 1.93 bits per heavy atom. The molecule has 0 aliphatic carbocycles. The third-order valence-electron chi connectivity index (χ3n) is 2.05. The van der Waals surface area contributed by atoms with Gasteiger partial charge in [0.25, 0.3) is 0 Å². The van der Waals surface area contributed by atoms with Crippen molar-refractivity contribution in [3.8, 4) is 0 Å². The minimum atomic E-state index is 0.197. The molecule has 1 heteroatoms. The molecule has 15 heavy (non-hydrogen) atoms.